The van der Waals surface area contributed by atoms with Crippen molar-refractivity contribution in [1.82, 2.24) is 10.2 Å². The maximum atomic E-state index is 13.3. The van der Waals surface area contributed by atoms with E-state index in [1.54, 1.807) is 43.5 Å². The molecule has 2 aromatic rings. The molecule has 0 radical (unpaired) electrons. The second-order valence-corrected chi connectivity index (χ2v) is 8.10. The second-order valence-electron chi connectivity index (χ2n) is 8.10. The summed E-state index contributed by atoms with van der Waals surface area (Å²) in [6.45, 7) is 7.89. The monoisotopic (exact) mass is 439 g/mol. The van der Waals surface area contributed by atoms with Crippen molar-refractivity contribution in [1.29, 1.82) is 0 Å². The number of anilines is 1. The third-order valence-corrected chi connectivity index (χ3v) is 5.08. The molecule has 0 saturated heterocycles. The fourth-order valence-corrected chi connectivity index (χ4v) is 3.40. The lowest BCUT2D eigenvalue weighted by molar-refractivity contribution is -0.136. The van der Waals surface area contributed by atoms with Gasteiger partial charge in [0.1, 0.15) is 11.8 Å². The highest BCUT2D eigenvalue weighted by Crippen LogP contribution is 2.17. The zero-order valence-electron chi connectivity index (χ0n) is 19.5. The van der Waals surface area contributed by atoms with Crippen LogP contribution >= 0.6 is 0 Å². The molecule has 0 saturated carbocycles. The minimum absolute atomic E-state index is 0.110. The van der Waals surface area contributed by atoms with Gasteiger partial charge in [-0.25, -0.2) is 0 Å². The molecule has 0 heterocycles. The summed E-state index contributed by atoms with van der Waals surface area (Å²) in [5.41, 5.74) is 1.96. The van der Waals surface area contributed by atoms with E-state index in [1.165, 1.54) is 4.90 Å². The largest absolute Gasteiger partial charge is 0.497 e. The first kappa shape index (κ1) is 24.9. The molecule has 7 heteroatoms. The Morgan fingerprint density at radius 1 is 1.06 bits per heavy atom. The Labute approximate surface area is 190 Å². The molecule has 172 valence electrons. The fraction of sp³-hybridized carbons (Fsp3) is 0.400. The highest BCUT2D eigenvalue weighted by atomic mass is 16.5. The van der Waals surface area contributed by atoms with E-state index >= 15 is 0 Å². The SMILES string of the molecule is CCN(CC(=O)Nc1cccc(OC)c1)C(=O)C(CC(C)C)NC(=O)c1ccccc1C. The van der Waals surface area contributed by atoms with Crippen LogP contribution in [0.4, 0.5) is 5.69 Å². The highest BCUT2D eigenvalue weighted by Gasteiger charge is 2.28. The third kappa shape index (κ3) is 7.11. The maximum absolute atomic E-state index is 13.3. The van der Waals surface area contributed by atoms with E-state index in [0.29, 0.717) is 30.0 Å². The lowest BCUT2D eigenvalue weighted by Gasteiger charge is -2.27. The number of nitrogens with one attached hydrogen (secondary N) is 2. The Bertz CT molecular complexity index is 942. The summed E-state index contributed by atoms with van der Waals surface area (Å²) in [5.74, 6) is -0.0718. The van der Waals surface area contributed by atoms with E-state index in [9.17, 15) is 14.4 Å². The van der Waals surface area contributed by atoms with Crippen LogP contribution in [0, 0.1) is 12.8 Å². The summed E-state index contributed by atoms with van der Waals surface area (Å²) in [7, 11) is 1.55. The van der Waals surface area contributed by atoms with Crippen molar-refractivity contribution in [3.8, 4) is 5.75 Å². The molecule has 0 aliphatic heterocycles. The Hall–Kier alpha value is -3.35. The van der Waals surface area contributed by atoms with Gasteiger partial charge in [-0.15, -0.1) is 0 Å². The molecule has 3 amide bonds. The minimum Gasteiger partial charge on any atom is -0.497 e. The molecule has 1 atom stereocenters. The minimum atomic E-state index is -0.716. The van der Waals surface area contributed by atoms with Gasteiger partial charge in [0.15, 0.2) is 0 Å². The van der Waals surface area contributed by atoms with Gasteiger partial charge in [0.25, 0.3) is 5.91 Å². The summed E-state index contributed by atoms with van der Waals surface area (Å²) in [4.78, 5) is 40.1. The molecule has 2 N–H and O–H groups in total. The predicted octanol–water partition coefficient (Wildman–Crippen LogP) is 3.64. The number of methoxy groups -OCH3 is 1. The number of rotatable bonds is 10. The maximum Gasteiger partial charge on any atom is 0.252 e. The van der Waals surface area contributed by atoms with Crippen LogP contribution < -0.4 is 15.4 Å². The van der Waals surface area contributed by atoms with Crippen molar-refractivity contribution < 1.29 is 19.1 Å². The molecule has 1 unspecified atom stereocenters. The van der Waals surface area contributed by atoms with Crippen LogP contribution in [0.25, 0.3) is 0 Å². The van der Waals surface area contributed by atoms with Crippen molar-refractivity contribution >= 4 is 23.4 Å². The second kappa shape index (κ2) is 11.9. The van der Waals surface area contributed by atoms with Crippen molar-refractivity contribution in [2.45, 2.75) is 40.2 Å². The average Bonchev–Trinajstić information content (AvgIpc) is 2.76. The van der Waals surface area contributed by atoms with Gasteiger partial charge in [-0.3, -0.25) is 14.4 Å². The van der Waals surface area contributed by atoms with Gasteiger partial charge in [-0.05, 0) is 49.9 Å². The summed E-state index contributed by atoms with van der Waals surface area (Å²) in [6, 6.07) is 13.6. The highest BCUT2D eigenvalue weighted by molar-refractivity contribution is 6.00. The quantitative estimate of drug-likeness (QED) is 0.592. The van der Waals surface area contributed by atoms with E-state index in [2.05, 4.69) is 10.6 Å². The lowest BCUT2D eigenvalue weighted by Crippen LogP contribution is -2.51. The van der Waals surface area contributed by atoms with Crippen LogP contribution in [-0.4, -0.2) is 48.9 Å². The number of nitrogens with zero attached hydrogens (tertiary/aromatic N) is 1. The van der Waals surface area contributed by atoms with Crippen LogP contribution in [0.15, 0.2) is 48.5 Å². The van der Waals surface area contributed by atoms with E-state index in [-0.39, 0.29) is 30.2 Å². The molecule has 0 aromatic heterocycles. The van der Waals surface area contributed by atoms with Crippen LogP contribution in [0.2, 0.25) is 0 Å². The van der Waals surface area contributed by atoms with Gasteiger partial charge in [0.05, 0.1) is 13.7 Å². The molecule has 0 fully saturated rings. The zero-order valence-corrected chi connectivity index (χ0v) is 19.5. The summed E-state index contributed by atoms with van der Waals surface area (Å²) < 4.78 is 5.17. The van der Waals surface area contributed by atoms with Gasteiger partial charge in [0.2, 0.25) is 11.8 Å². The van der Waals surface area contributed by atoms with Gasteiger partial charge >= 0.3 is 0 Å². The Kier molecular flexibility index (Phi) is 9.25. The van der Waals surface area contributed by atoms with E-state index in [0.717, 1.165) is 5.56 Å². The third-order valence-electron chi connectivity index (χ3n) is 5.08. The predicted molar refractivity (Wildman–Crippen MR) is 126 cm³/mol. The molecular formula is C25H33N3O4. The summed E-state index contributed by atoms with van der Waals surface area (Å²) in [5, 5.41) is 5.67. The number of hydrogen-bond acceptors (Lipinski definition) is 4. The number of benzene rings is 2. The van der Waals surface area contributed by atoms with Gasteiger partial charge in [0, 0.05) is 23.9 Å². The van der Waals surface area contributed by atoms with Crippen molar-refractivity contribution in [3.63, 3.8) is 0 Å². The van der Waals surface area contributed by atoms with Crippen LogP contribution in [0.5, 0.6) is 5.75 Å². The fourth-order valence-electron chi connectivity index (χ4n) is 3.40. The van der Waals surface area contributed by atoms with Gasteiger partial charge in [-0.1, -0.05) is 38.1 Å². The Balaban J connectivity index is 2.10. The van der Waals surface area contributed by atoms with Crippen molar-refractivity contribution in [2.24, 2.45) is 5.92 Å². The molecule has 32 heavy (non-hydrogen) atoms. The molecule has 2 aromatic carbocycles. The van der Waals surface area contributed by atoms with E-state index < -0.39 is 6.04 Å². The molecule has 0 bridgehead atoms. The first-order valence-corrected chi connectivity index (χ1v) is 10.8. The number of hydrogen-bond donors (Lipinski definition) is 2. The number of amides is 3. The number of carbonyl (C=O) groups excluding carboxylic acids is 3. The molecular weight excluding hydrogens is 406 g/mol. The summed E-state index contributed by atoms with van der Waals surface area (Å²) in [6.07, 6.45) is 0.477. The average molecular weight is 440 g/mol. The molecule has 7 nitrogen and oxygen atoms in total. The smallest absolute Gasteiger partial charge is 0.252 e. The molecule has 0 spiro atoms. The summed E-state index contributed by atoms with van der Waals surface area (Å²) >= 11 is 0. The normalized spacial score (nSPS) is 11.6. The number of ether oxygens (including phenoxy) is 1. The number of aryl methyl sites for hydroxylation is 1. The number of carbonyl (C=O) groups is 3. The van der Waals surface area contributed by atoms with E-state index in [4.69, 9.17) is 4.74 Å². The topological polar surface area (TPSA) is 87.7 Å². The number of likely N-dealkylation sites (N-methyl/N-ethyl adjacent to an activating group) is 1. The molecule has 0 aliphatic rings. The van der Waals surface area contributed by atoms with Crippen LogP contribution in [0.3, 0.4) is 0 Å². The zero-order chi connectivity index (χ0) is 23.7. The first-order valence-electron chi connectivity index (χ1n) is 10.8. The standard InChI is InChI=1S/C25H33N3O4/c1-6-28(16-23(29)26-19-11-9-12-20(15-19)32-5)25(31)22(14-17(2)3)27-24(30)21-13-8-7-10-18(21)4/h7-13,15,17,22H,6,14,16H2,1-5H3,(H,26,29)(H,27,30). The van der Waals surface area contributed by atoms with Gasteiger partial charge < -0.3 is 20.3 Å². The van der Waals surface area contributed by atoms with Crippen molar-refractivity contribution in [3.05, 3.63) is 59.7 Å². The van der Waals surface area contributed by atoms with Crippen LogP contribution in [-0.2, 0) is 9.59 Å². The first-order chi connectivity index (χ1) is 15.2. The molecule has 0 aliphatic carbocycles. The van der Waals surface area contributed by atoms with E-state index in [1.807, 2.05) is 39.8 Å². The van der Waals surface area contributed by atoms with Gasteiger partial charge in [-0.2, -0.15) is 0 Å². The lowest BCUT2D eigenvalue weighted by atomic mass is 10.0. The van der Waals surface area contributed by atoms with Crippen molar-refractivity contribution in [2.75, 3.05) is 25.5 Å². The van der Waals surface area contributed by atoms with Crippen LogP contribution in [0.1, 0.15) is 43.1 Å². The Morgan fingerprint density at radius 3 is 2.41 bits per heavy atom. The molecule has 2 rings (SSSR count). The Morgan fingerprint density at radius 2 is 1.78 bits per heavy atom.